The molecule has 1 saturated heterocycles. The van der Waals surface area contributed by atoms with Crippen molar-refractivity contribution in [3.63, 3.8) is 0 Å². The molecule has 6 heteroatoms. The van der Waals surface area contributed by atoms with Gasteiger partial charge in [-0.1, -0.05) is 11.6 Å². The molecule has 1 aliphatic heterocycles. The molecule has 2 aromatic heterocycles. The highest BCUT2D eigenvalue weighted by molar-refractivity contribution is 6.34. The molecule has 0 saturated carbocycles. The Morgan fingerprint density at radius 3 is 2.86 bits per heavy atom. The zero-order valence-corrected chi connectivity index (χ0v) is 13.5. The molecule has 0 bridgehead atoms. The first-order chi connectivity index (χ1) is 10.7. The normalized spacial score (nSPS) is 15.5. The molecule has 3 rings (SSSR count). The molecule has 0 spiro atoms. The smallest absolute Gasteiger partial charge is 0.256 e. The molecule has 5 nitrogen and oxygen atoms in total. The minimum absolute atomic E-state index is 0.0862. The summed E-state index contributed by atoms with van der Waals surface area (Å²) in [7, 11) is 1.66. The van der Waals surface area contributed by atoms with Gasteiger partial charge in [-0.3, -0.25) is 4.79 Å². The van der Waals surface area contributed by atoms with Crippen molar-refractivity contribution in [1.29, 1.82) is 0 Å². The van der Waals surface area contributed by atoms with Gasteiger partial charge < -0.3 is 14.2 Å². The Balaban J connectivity index is 2.01. The van der Waals surface area contributed by atoms with Gasteiger partial charge in [0.2, 0.25) is 0 Å². The van der Waals surface area contributed by atoms with Crippen LogP contribution in [0.5, 0.6) is 0 Å². The van der Waals surface area contributed by atoms with Crippen LogP contribution < -0.4 is 0 Å². The SMILES string of the molecule is COCCn1cc(C(=O)N2CCCCC2)c2ccnc(Cl)c21. The van der Waals surface area contributed by atoms with E-state index in [4.69, 9.17) is 16.3 Å². The minimum atomic E-state index is 0.0862. The van der Waals surface area contributed by atoms with Crippen molar-refractivity contribution in [3.05, 3.63) is 29.2 Å². The Hall–Kier alpha value is -1.59. The summed E-state index contributed by atoms with van der Waals surface area (Å²) in [6.45, 7) is 2.88. The number of carbonyl (C=O) groups excluding carboxylic acids is 1. The molecule has 0 aromatic carbocycles. The molecule has 0 atom stereocenters. The third-order valence-corrected chi connectivity index (χ3v) is 4.43. The van der Waals surface area contributed by atoms with Crippen LogP contribution in [-0.4, -0.2) is 47.2 Å². The lowest BCUT2D eigenvalue weighted by Crippen LogP contribution is -2.35. The fourth-order valence-corrected chi connectivity index (χ4v) is 3.28. The number of hydrogen-bond donors (Lipinski definition) is 0. The average Bonchev–Trinajstić information content (AvgIpc) is 2.93. The maximum atomic E-state index is 12.8. The number of piperidine rings is 1. The zero-order chi connectivity index (χ0) is 15.5. The number of methoxy groups -OCH3 is 1. The summed E-state index contributed by atoms with van der Waals surface area (Å²) in [6, 6.07) is 1.86. The van der Waals surface area contributed by atoms with Gasteiger partial charge in [0.1, 0.15) is 0 Å². The number of carbonyl (C=O) groups is 1. The number of pyridine rings is 1. The third kappa shape index (κ3) is 2.83. The quantitative estimate of drug-likeness (QED) is 0.813. The van der Waals surface area contributed by atoms with Crippen molar-refractivity contribution in [1.82, 2.24) is 14.5 Å². The maximum absolute atomic E-state index is 12.8. The van der Waals surface area contributed by atoms with Crippen molar-refractivity contribution in [2.75, 3.05) is 26.8 Å². The number of aromatic nitrogens is 2. The van der Waals surface area contributed by atoms with Crippen LogP contribution in [0, 0.1) is 0 Å². The molecule has 0 N–H and O–H groups in total. The largest absolute Gasteiger partial charge is 0.383 e. The van der Waals surface area contributed by atoms with E-state index in [9.17, 15) is 4.79 Å². The number of rotatable bonds is 4. The first-order valence-electron chi connectivity index (χ1n) is 7.64. The predicted molar refractivity (Wildman–Crippen MR) is 86.4 cm³/mol. The van der Waals surface area contributed by atoms with E-state index >= 15 is 0 Å². The van der Waals surface area contributed by atoms with Gasteiger partial charge in [-0.05, 0) is 25.3 Å². The van der Waals surface area contributed by atoms with Crippen LogP contribution >= 0.6 is 11.6 Å². The summed E-state index contributed by atoms with van der Waals surface area (Å²) in [4.78, 5) is 18.9. The summed E-state index contributed by atoms with van der Waals surface area (Å²) < 4.78 is 7.10. The van der Waals surface area contributed by atoms with Gasteiger partial charge in [0.15, 0.2) is 5.15 Å². The molecule has 1 amide bonds. The molecule has 0 unspecified atom stereocenters. The van der Waals surface area contributed by atoms with Gasteiger partial charge in [0.05, 0.1) is 17.7 Å². The van der Waals surface area contributed by atoms with Crippen molar-refractivity contribution in [3.8, 4) is 0 Å². The number of hydrogen-bond acceptors (Lipinski definition) is 3. The second-order valence-corrected chi connectivity index (χ2v) is 5.94. The number of nitrogens with zero attached hydrogens (tertiary/aromatic N) is 3. The summed E-state index contributed by atoms with van der Waals surface area (Å²) in [5, 5.41) is 1.29. The zero-order valence-electron chi connectivity index (χ0n) is 12.7. The monoisotopic (exact) mass is 321 g/mol. The lowest BCUT2D eigenvalue weighted by atomic mass is 10.1. The van der Waals surface area contributed by atoms with Crippen LogP contribution in [0.1, 0.15) is 29.6 Å². The van der Waals surface area contributed by atoms with E-state index < -0.39 is 0 Å². The number of likely N-dealkylation sites (tertiary alicyclic amines) is 1. The Bertz CT molecular complexity index is 677. The highest BCUT2D eigenvalue weighted by Crippen LogP contribution is 2.28. The van der Waals surface area contributed by atoms with E-state index in [0.29, 0.717) is 23.9 Å². The Labute approximate surface area is 134 Å². The van der Waals surface area contributed by atoms with Gasteiger partial charge in [0, 0.05) is 44.5 Å². The first kappa shape index (κ1) is 15.3. The molecule has 1 fully saturated rings. The van der Waals surface area contributed by atoms with E-state index in [2.05, 4.69) is 4.98 Å². The summed E-state index contributed by atoms with van der Waals surface area (Å²) in [5.41, 5.74) is 1.51. The second kappa shape index (κ2) is 6.67. The average molecular weight is 322 g/mol. The molecule has 0 radical (unpaired) electrons. The predicted octanol–water partition coefficient (Wildman–Crippen LogP) is 2.96. The Morgan fingerprint density at radius 1 is 1.36 bits per heavy atom. The molecule has 3 heterocycles. The van der Waals surface area contributed by atoms with Crippen LogP contribution in [0.15, 0.2) is 18.5 Å². The van der Waals surface area contributed by atoms with Gasteiger partial charge in [-0.15, -0.1) is 0 Å². The van der Waals surface area contributed by atoms with Gasteiger partial charge in [-0.25, -0.2) is 4.98 Å². The van der Waals surface area contributed by atoms with E-state index in [-0.39, 0.29) is 5.91 Å². The first-order valence-corrected chi connectivity index (χ1v) is 8.01. The fourth-order valence-electron chi connectivity index (χ4n) is 3.01. The van der Waals surface area contributed by atoms with Crippen LogP contribution in [0.2, 0.25) is 5.15 Å². The molecule has 2 aromatic rings. The van der Waals surface area contributed by atoms with Crippen molar-refractivity contribution < 1.29 is 9.53 Å². The number of amides is 1. The highest BCUT2D eigenvalue weighted by atomic mass is 35.5. The number of fused-ring (bicyclic) bond motifs is 1. The van der Waals surface area contributed by atoms with Crippen LogP contribution in [0.3, 0.4) is 0 Å². The second-order valence-electron chi connectivity index (χ2n) is 5.58. The minimum Gasteiger partial charge on any atom is -0.383 e. The standard InChI is InChI=1S/C16H20ClN3O2/c1-22-10-9-20-11-13(12-5-6-18-15(17)14(12)20)16(21)19-7-3-2-4-8-19/h5-6,11H,2-4,7-10H2,1H3. The van der Waals surface area contributed by atoms with Gasteiger partial charge in [-0.2, -0.15) is 0 Å². The fraction of sp³-hybridized carbons (Fsp3) is 0.500. The number of halogens is 1. The van der Waals surface area contributed by atoms with E-state index in [1.807, 2.05) is 21.7 Å². The van der Waals surface area contributed by atoms with E-state index in [1.165, 1.54) is 6.42 Å². The Kier molecular flexibility index (Phi) is 4.64. The molecule has 118 valence electrons. The molecular formula is C16H20ClN3O2. The lowest BCUT2D eigenvalue weighted by molar-refractivity contribution is 0.0726. The molecule has 22 heavy (non-hydrogen) atoms. The third-order valence-electron chi connectivity index (χ3n) is 4.15. The van der Waals surface area contributed by atoms with E-state index in [1.54, 1.807) is 13.3 Å². The van der Waals surface area contributed by atoms with Crippen LogP contribution in [0.4, 0.5) is 0 Å². The summed E-state index contributed by atoms with van der Waals surface area (Å²) in [5.74, 6) is 0.0862. The number of ether oxygens (including phenoxy) is 1. The van der Waals surface area contributed by atoms with E-state index in [0.717, 1.165) is 36.8 Å². The summed E-state index contributed by atoms with van der Waals surface area (Å²) >= 11 is 6.25. The van der Waals surface area contributed by atoms with Crippen molar-refractivity contribution in [2.45, 2.75) is 25.8 Å². The highest BCUT2D eigenvalue weighted by Gasteiger charge is 2.23. The topological polar surface area (TPSA) is 47.4 Å². The molecule has 0 aliphatic carbocycles. The van der Waals surface area contributed by atoms with Crippen LogP contribution in [-0.2, 0) is 11.3 Å². The molecule has 1 aliphatic rings. The lowest BCUT2D eigenvalue weighted by Gasteiger charge is -2.26. The summed E-state index contributed by atoms with van der Waals surface area (Å²) in [6.07, 6.45) is 6.90. The van der Waals surface area contributed by atoms with Crippen molar-refractivity contribution >= 4 is 28.4 Å². The van der Waals surface area contributed by atoms with Crippen LogP contribution in [0.25, 0.3) is 10.9 Å². The van der Waals surface area contributed by atoms with Gasteiger partial charge >= 0.3 is 0 Å². The van der Waals surface area contributed by atoms with Crippen molar-refractivity contribution in [2.24, 2.45) is 0 Å². The maximum Gasteiger partial charge on any atom is 0.256 e. The van der Waals surface area contributed by atoms with Gasteiger partial charge in [0.25, 0.3) is 5.91 Å². The Morgan fingerprint density at radius 2 is 2.14 bits per heavy atom. The molecular weight excluding hydrogens is 302 g/mol.